The molecule has 0 spiro atoms. The van der Waals surface area contributed by atoms with Crippen molar-refractivity contribution in [2.24, 2.45) is 0 Å². The first-order valence-corrected chi connectivity index (χ1v) is 6.46. The third-order valence-electron chi connectivity index (χ3n) is 2.66. The molecule has 0 atom stereocenters. The number of nitrogens with zero attached hydrogens (tertiary/aromatic N) is 2. The number of ether oxygens (including phenoxy) is 1. The maximum atomic E-state index is 5.88. The Bertz CT molecular complexity index is 740. The fourth-order valence-corrected chi connectivity index (χ4v) is 2.14. The van der Waals surface area contributed by atoms with Gasteiger partial charge in [-0.05, 0) is 46.3 Å². The number of halogens is 1. The summed E-state index contributed by atoms with van der Waals surface area (Å²) in [6.07, 6.45) is 3.40. The van der Waals surface area contributed by atoms with Gasteiger partial charge in [-0.15, -0.1) is 0 Å². The summed E-state index contributed by atoms with van der Waals surface area (Å²) in [4.78, 5) is 8.45. The van der Waals surface area contributed by atoms with E-state index in [2.05, 4.69) is 25.9 Å². The maximum absolute atomic E-state index is 5.88. The van der Waals surface area contributed by atoms with Crippen LogP contribution in [0, 0.1) is 0 Å². The molecule has 0 saturated carbocycles. The van der Waals surface area contributed by atoms with Crippen molar-refractivity contribution in [1.82, 2.24) is 9.97 Å². The van der Waals surface area contributed by atoms with Gasteiger partial charge >= 0.3 is 0 Å². The SMILES string of the molecule is Nc1cc(Br)cnc1Oc1cccc2ncccc12. The van der Waals surface area contributed by atoms with Gasteiger partial charge in [0.15, 0.2) is 0 Å². The summed E-state index contributed by atoms with van der Waals surface area (Å²) < 4.78 is 6.60. The molecule has 0 aliphatic heterocycles. The second-order valence-corrected chi connectivity index (χ2v) is 4.89. The second kappa shape index (κ2) is 4.85. The lowest BCUT2D eigenvalue weighted by molar-refractivity contribution is 0.470. The Kier molecular flexibility index (Phi) is 3.05. The van der Waals surface area contributed by atoms with Crippen molar-refractivity contribution < 1.29 is 4.74 Å². The van der Waals surface area contributed by atoms with Crippen LogP contribution in [0.4, 0.5) is 5.69 Å². The van der Waals surface area contributed by atoms with Crippen LogP contribution in [0.2, 0.25) is 0 Å². The van der Waals surface area contributed by atoms with Crippen LogP contribution in [0.3, 0.4) is 0 Å². The van der Waals surface area contributed by atoms with E-state index in [1.54, 1.807) is 18.5 Å². The minimum atomic E-state index is 0.388. The van der Waals surface area contributed by atoms with Crippen molar-refractivity contribution in [1.29, 1.82) is 0 Å². The van der Waals surface area contributed by atoms with Gasteiger partial charge in [0, 0.05) is 22.3 Å². The number of pyridine rings is 2. The Hall–Kier alpha value is -2.14. The van der Waals surface area contributed by atoms with Crippen LogP contribution in [0.1, 0.15) is 0 Å². The Morgan fingerprint density at radius 1 is 1.11 bits per heavy atom. The number of fused-ring (bicyclic) bond motifs is 1. The normalized spacial score (nSPS) is 10.6. The van der Waals surface area contributed by atoms with Crippen LogP contribution in [0.15, 0.2) is 53.3 Å². The smallest absolute Gasteiger partial charge is 0.242 e. The Labute approximate surface area is 118 Å². The van der Waals surface area contributed by atoms with E-state index < -0.39 is 0 Å². The molecule has 3 aromatic rings. The summed E-state index contributed by atoms with van der Waals surface area (Å²) in [5, 5.41) is 0.925. The molecule has 2 heterocycles. The number of benzene rings is 1. The molecule has 2 N–H and O–H groups in total. The zero-order valence-electron chi connectivity index (χ0n) is 9.88. The van der Waals surface area contributed by atoms with Crippen molar-refractivity contribution in [3.05, 3.63) is 53.3 Å². The van der Waals surface area contributed by atoms with E-state index in [0.29, 0.717) is 17.3 Å². The molecule has 0 aliphatic rings. The molecule has 3 rings (SSSR count). The summed E-state index contributed by atoms with van der Waals surface area (Å²) in [5.74, 6) is 1.08. The van der Waals surface area contributed by atoms with Gasteiger partial charge in [-0.2, -0.15) is 0 Å². The Morgan fingerprint density at radius 2 is 2.00 bits per heavy atom. The second-order valence-electron chi connectivity index (χ2n) is 3.98. The fourth-order valence-electron chi connectivity index (χ4n) is 1.80. The lowest BCUT2D eigenvalue weighted by Crippen LogP contribution is -1.95. The molecule has 94 valence electrons. The van der Waals surface area contributed by atoms with Crippen LogP contribution in [-0.4, -0.2) is 9.97 Å². The molecule has 0 radical (unpaired) electrons. The number of hydrogen-bond acceptors (Lipinski definition) is 4. The monoisotopic (exact) mass is 315 g/mol. The topological polar surface area (TPSA) is 61.0 Å². The largest absolute Gasteiger partial charge is 0.436 e. The van der Waals surface area contributed by atoms with Crippen molar-refractivity contribution in [3.8, 4) is 11.6 Å². The molecular formula is C14H10BrN3O. The number of rotatable bonds is 2. The van der Waals surface area contributed by atoms with Crippen LogP contribution in [0.5, 0.6) is 11.6 Å². The molecule has 5 heteroatoms. The first-order chi connectivity index (χ1) is 9.24. The van der Waals surface area contributed by atoms with Crippen molar-refractivity contribution in [2.45, 2.75) is 0 Å². The van der Waals surface area contributed by atoms with Gasteiger partial charge < -0.3 is 10.5 Å². The van der Waals surface area contributed by atoms with Crippen LogP contribution < -0.4 is 10.5 Å². The van der Waals surface area contributed by atoms with Crippen LogP contribution in [0.25, 0.3) is 10.9 Å². The first-order valence-electron chi connectivity index (χ1n) is 5.66. The summed E-state index contributed by atoms with van der Waals surface area (Å²) in [7, 11) is 0. The van der Waals surface area contributed by atoms with E-state index in [9.17, 15) is 0 Å². The van der Waals surface area contributed by atoms with Crippen molar-refractivity contribution in [3.63, 3.8) is 0 Å². The molecule has 1 aromatic carbocycles. The minimum absolute atomic E-state index is 0.388. The zero-order chi connectivity index (χ0) is 13.2. The molecule has 0 fully saturated rings. The zero-order valence-corrected chi connectivity index (χ0v) is 11.5. The highest BCUT2D eigenvalue weighted by Gasteiger charge is 2.07. The first kappa shape index (κ1) is 11.9. The summed E-state index contributed by atoms with van der Waals surface area (Å²) >= 11 is 3.31. The molecule has 4 nitrogen and oxygen atoms in total. The van der Waals surface area contributed by atoms with Crippen molar-refractivity contribution in [2.75, 3.05) is 5.73 Å². The summed E-state index contributed by atoms with van der Waals surface area (Å²) in [6.45, 7) is 0. The molecule has 19 heavy (non-hydrogen) atoms. The predicted octanol–water partition coefficient (Wildman–Crippen LogP) is 3.77. The highest BCUT2D eigenvalue weighted by Crippen LogP contribution is 2.31. The lowest BCUT2D eigenvalue weighted by Gasteiger charge is -2.09. The van der Waals surface area contributed by atoms with Gasteiger partial charge in [0.2, 0.25) is 5.88 Å². The molecule has 2 aromatic heterocycles. The fraction of sp³-hybridized carbons (Fsp3) is 0. The third kappa shape index (κ3) is 2.37. The van der Waals surface area contributed by atoms with E-state index in [-0.39, 0.29) is 0 Å². The summed E-state index contributed by atoms with van der Waals surface area (Å²) in [6, 6.07) is 11.3. The minimum Gasteiger partial charge on any atom is -0.436 e. The van der Waals surface area contributed by atoms with Gasteiger partial charge in [0.1, 0.15) is 5.75 Å². The van der Waals surface area contributed by atoms with E-state index in [0.717, 1.165) is 15.4 Å². The Morgan fingerprint density at radius 3 is 2.84 bits per heavy atom. The van der Waals surface area contributed by atoms with Gasteiger partial charge in [0.25, 0.3) is 0 Å². The predicted molar refractivity (Wildman–Crippen MR) is 78.2 cm³/mol. The lowest BCUT2D eigenvalue weighted by atomic mass is 10.2. The molecular weight excluding hydrogens is 306 g/mol. The number of nitrogen functional groups attached to an aromatic ring is 1. The summed E-state index contributed by atoms with van der Waals surface area (Å²) in [5.41, 5.74) is 7.23. The maximum Gasteiger partial charge on any atom is 0.242 e. The molecule has 0 bridgehead atoms. The molecule has 0 aliphatic carbocycles. The quantitative estimate of drug-likeness (QED) is 0.782. The van der Waals surface area contributed by atoms with Crippen LogP contribution in [-0.2, 0) is 0 Å². The third-order valence-corrected chi connectivity index (χ3v) is 3.09. The van der Waals surface area contributed by atoms with Gasteiger partial charge in [-0.1, -0.05) is 6.07 Å². The van der Waals surface area contributed by atoms with Gasteiger partial charge in [0.05, 0.1) is 11.2 Å². The molecule has 0 amide bonds. The van der Waals surface area contributed by atoms with Gasteiger partial charge in [-0.25, -0.2) is 4.98 Å². The molecule has 0 unspecified atom stereocenters. The van der Waals surface area contributed by atoms with E-state index >= 15 is 0 Å². The molecule has 0 saturated heterocycles. The Balaban J connectivity index is 2.06. The highest BCUT2D eigenvalue weighted by atomic mass is 79.9. The van der Waals surface area contributed by atoms with Crippen LogP contribution >= 0.6 is 15.9 Å². The number of aromatic nitrogens is 2. The van der Waals surface area contributed by atoms with E-state index in [1.807, 2.05) is 30.3 Å². The van der Waals surface area contributed by atoms with E-state index in [4.69, 9.17) is 10.5 Å². The van der Waals surface area contributed by atoms with E-state index in [1.165, 1.54) is 0 Å². The number of nitrogens with two attached hydrogens (primary N) is 1. The van der Waals surface area contributed by atoms with Crippen molar-refractivity contribution >= 4 is 32.5 Å². The average molecular weight is 316 g/mol. The highest BCUT2D eigenvalue weighted by molar-refractivity contribution is 9.10. The number of hydrogen-bond donors (Lipinski definition) is 1. The van der Waals surface area contributed by atoms with Gasteiger partial charge in [-0.3, -0.25) is 4.98 Å². The number of anilines is 1. The standard InChI is InChI=1S/C14H10BrN3O/c15-9-7-11(16)14(18-8-9)19-13-5-1-4-12-10(13)3-2-6-17-12/h1-8H,16H2. The average Bonchev–Trinajstić information content (AvgIpc) is 2.42.